The van der Waals surface area contributed by atoms with Crippen LogP contribution in [0.25, 0.3) is 11.0 Å². The quantitative estimate of drug-likeness (QED) is 0.575. The van der Waals surface area contributed by atoms with Gasteiger partial charge in [-0.2, -0.15) is 0 Å². The Morgan fingerprint density at radius 2 is 1.92 bits per heavy atom. The van der Waals surface area contributed by atoms with Crippen LogP contribution in [0, 0.1) is 0 Å². The monoisotopic (exact) mass is 161 g/mol. The lowest BCUT2D eigenvalue weighted by Crippen LogP contribution is -1.97. The molecule has 0 bridgehead atoms. The number of aromatic nitrogens is 3. The van der Waals surface area contributed by atoms with Crippen molar-refractivity contribution in [2.75, 3.05) is 11.5 Å². The van der Waals surface area contributed by atoms with Crippen molar-refractivity contribution in [3.63, 3.8) is 0 Å². The Balaban J connectivity index is 2.88. The summed E-state index contributed by atoms with van der Waals surface area (Å²) in [5.41, 5.74) is 12.3. The van der Waals surface area contributed by atoms with Crippen LogP contribution in [0.4, 0.5) is 11.6 Å². The number of nitrogen functional groups attached to an aromatic ring is 2. The molecule has 0 unspecified atom stereocenters. The van der Waals surface area contributed by atoms with Crippen LogP contribution < -0.4 is 11.5 Å². The normalized spacial score (nSPS) is 10.3. The van der Waals surface area contributed by atoms with Crippen molar-refractivity contribution in [2.24, 2.45) is 0 Å². The molecule has 0 spiro atoms. The maximum atomic E-state index is 5.56. The second kappa shape index (κ2) is 2.30. The highest BCUT2D eigenvalue weighted by molar-refractivity contribution is 5.84. The topological polar surface area (TPSA) is 90.7 Å². The molecule has 2 aromatic rings. The summed E-state index contributed by atoms with van der Waals surface area (Å²) in [5.74, 6) is 0.774. The van der Waals surface area contributed by atoms with Crippen molar-refractivity contribution in [1.29, 1.82) is 0 Å². The van der Waals surface area contributed by atoms with Crippen LogP contribution in [0.5, 0.6) is 0 Å². The highest BCUT2D eigenvalue weighted by Gasteiger charge is 2.00. The molecule has 0 aliphatic rings. The van der Waals surface area contributed by atoms with Crippen molar-refractivity contribution in [3.05, 3.63) is 18.5 Å². The molecule has 12 heavy (non-hydrogen) atoms. The van der Waals surface area contributed by atoms with Gasteiger partial charge in [0.1, 0.15) is 17.7 Å². The molecule has 5 heteroatoms. The zero-order valence-electron chi connectivity index (χ0n) is 6.23. The molecule has 0 atom stereocenters. The number of pyridine rings is 1. The SMILES string of the molecule is Nc1ccc2ncnc(N)c2n1. The minimum absolute atomic E-state index is 0.354. The van der Waals surface area contributed by atoms with Gasteiger partial charge in [-0.25, -0.2) is 15.0 Å². The van der Waals surface area contributed by atoms with Gasteiger partial charge in [-0.05, 0) is 12.1 Å². The Bertz CT molecular complexity index is 425. The van der Waals surface area contributed by atoms with Crippen LogP contribution >= 0.6 is 0 Å². The van der Waals surface area contributed by atoms with E-state index in [1.165, 1.54) is 6.33 Å². The number of anilines is 2. The van der Waals surface area contributed by atoms with E-state index in [-0.39, 0.29) is 0 Å². The average molecular weight is 161 g/mol. The van der Waals surface area contributed by atoms with Crippen molar-refractivity contribution in [2.45, 2.75) is 0 Å². The van der Waals surface area contributed by atoms with E-state index in [0.717, 1.165) is 0 Å². The summed E-state index contributed by atoms with van der Waals surface area (Å²) in [6, 6.07) is 3.44. The van der Waals surface area contributed by atoms with Crippen molar-refractivity contribution in [3.8, 4) is 0 Å². The second-order valence-electron chi connectivity index (χ2n) is 2.36. The number of hydrogen-bond acceptors (Lipinski definition) is 5. The lowest BCUT2D eigenvalue weighted by atomic mass is 10.3. The number of rotatable bonds is 0. The molecule has 0 aliphatic heterocycles. The van der Waals surface area contributed by atoms with Crippen LogP contribution in [0.1, 0.15) is 0 Å². The summed E-state index contributed by atoms with van der Waals surface area (Å²) >= 11 is 0. The predicted octanol–water partition coefficient (Wildman–Crippen LogP) is 0.189. The van der Waals surface area contributed by atoms with Crippen molar-refractivity contribution in [1.82, 2.24) is 15.0 Å². The Kier molecular flexibility index (Phi) is 1.30. The number of hydrogen-bond donors (Lipinski definition) is 2. The molecule has 4 N–H and O–H groups in total. The molecular weight excluding hydrogens is 154 g/mol. The molecule has 0 saturated carbocycles. The molecule has 0 radical (unpaired) electrons. The molecule has 0 saturated heterocycles. The highest BCUT2D eigenvalue weighted by Crippen LogP contribution is 2.14. The van der Waals surface area contributed by atoms with E-state index in [9.17, 15) is 0 Å². The fourth-order valence-electron chi connectivity index (χ4n) is 0.974. The molecule has 2 heterocycles. The summed E-state index contributed by atoms with van der Waals surface area (Å²) in [7, 11) is 0. The molecule has 5 nitrogen and oxygen atoms in total. The minimum atomic E-state index is 0.354. The Labute approximate surface area is 68.5 Å². The molecule has 60 valence electrons. The van der Waals surface area contributed by atoms with E-state index in [1.807, 2.05) is 0 Å². The zero-order chi connectivity index (χ0) is 8.55. The lowest BCUT2D eigenvalue weighted by molar-refractivity contribution is 1.21. The Morgan fingerprint density at radius 1 is 1.08 bits per heavy atom. The van der Waals surface area contributed by atoms with Crippen molar-refractivity contribution < 1.29 is 0 Å². The Morgan fingerprint density at radius 3 is 2.75 bits per heavy atom. The Hall–Kier alpha value is -1.91. The van der Waals surface area contributed by atoms with Gasteiger partial charge in [0.15, 0.2) is 5.82 Å². The lowest BCUT2D eigenvalue weighted by Gasteiger charge is -1.98. The van der Waals surface area contributed by atoms with Crippen LogP contribution in [0.15, 0.2) is 18.5 Å². The third kappa shape index (κ3) is 0.914. The molecule has 0 aromatic carbocycles. The highest BCUT2D eigenvalue weighted by atomic mass is 15.0. The minimum Gasteiger partial charge on any atom is -0.384 e. The van der Waals surface area contributed by atoms with Gasteiger partial charge in [0.05, 0.1) is 5.52 Å². The third-order valence-corrected chi connectivity index (χ3v) is 1.53. The number of nitrogens with zero attached hydrogens (tertiary/aromatic N) is 3. The molecule has 0 fully saturated rings. The van der Waals surface area contributed by atoms with E-state index < -0.39 is 0 Å². The summed E-state index contributed by atoms with van der Waals surface area (Å²) in [6.45, 7) is 0. The van der Waals surface area contributed by atoms with Crippen LogP contribution in [0.3, 0.4) is 0 Å². The van der Waals surface area contributed by atoms with E-state index in [2.05, 4.69) is 15.0 Å². The summed E-state index contributed by atoms with van der Waals surface area (Å²) < 4.78 is 0. The first-order valence-corrected chi connectivity index (χ1v) is 3.40. The van der Waals surface area contributed by atoms with Gasteiger partial charge in [-0.15, -0.1) is 0 Å². The number of fused-ring (bicyclic) bond motifs is 1. The zero-order valence-corrected chi connectivity index (χ0v) is 6.23. The summed E-state index contributed by atoms with van der Waals surface area (Å²) in [4.78, 5) is 11.8. The first-order chi connectivity index (χ1) is 5.77. The molecular formula is C7H7N5. The molecule has 2 rings (SSSR count). The summed E-state index contributed by atoms with van der Waals surface area (Å²) in [6.07, 6.45) is 1.40. The van der Waals surface area contributed by atoms with Gasteiger partial charge in [0.25, 0.3) is 0 Å². The van der Waals surface area contributed by atoms with Gasteiger partial charge < -0.3 is 11.5 Å². The van der Waals surface area contributed by atoms with Crippen LogP contribution in [-0.4, -0.2) is 15.0 Å². The van der Waals surface area contributed by atoms with Gasteiger partial charge in [-0.1, -0.05) is 0 Å². The largest absolute Gasteiger partial charge is 0.384 e. The predicted molar refractivity (Wildman–Crippen MR) is 46.2 cm³/mol. The van der Waals surface area contributed by atoms with E-state index in [1.54, 1.807) is 12.1 Å². The number of nitrogens with two attached hydrogens (primary N) is 2. The first kappa shape index (κ1) is 6.78. The van der Waals surface area contributed by atoms with Crippen LogP contribution in [-0.2, 0) is 0 Å². The average Bonchev–Trinajstić information content (AvgIpc) is 2.07. The summed E-state index contributed by atoms with van der Waals surface area (Å²) in [5, 5.41) is 0. The maximum absolute atomic E-state index is 5.56. The fourth-order valence-corrected chi connectivity index (χ4v) is 0.974. The second-order valence-corrected chi connectivity index (χ2v) is 2.36. The van der Waals surface area contributed by atoms with Gasteiger partial charge in [-0.3, -0.25) is 0 Å². The molecule has 2 aromatic heterocycles. The first-order valence-electron chi connectivity index (χ1n) is 3.40. The standard InChI is InChI=1S/C7H7N5/c8-5-2-1-4-6(12-5)7(9)11-3-10-4/h1-3H,(H2,8,12)(H2,9,10,11). The molecule has 0 aliphatic carbocycles. The smallest absolute Gasteiger partial charge is 0.153 e. The van der Waals surface area contributed by atoms with Crippen molar-refractivity contribution >= 4 is 22.7 Å². The van der Waals surface area contributed by atoms with Gasteiger partial charge in [0, 0.05) is 0 Å². The maximum Gasteiger partial charge on any atom is 0.153 e. The molecule has 0 amide bonds. The van der Waals surface area contributed by atoms with Crippen LogP contribution in [0.2, 0.25) is 0 Å². The fraction of sp³-hybridized carbons (Fsp3) is 0. The van der Waals surface area contributed by atoms with Gasteiger partial charge >= 0.3 is 0 Å². The third-order valence-electron chi connectivity index (χ3n) is 1.53. The van der Waals surface area contributed by atoms with E-state index in [0.29, 0.717) is 22.7 Å². The van der Waals surface area contributed by atoms with E-state index >= 15 is 0 Å². The van der Waals surface area contributed by atoms with Gasteiger partial charge in [0.2, 0.25) is 0 Å². The van der Waals surface area contributed by atoms with E-state index in [4.69, 9.17) is 11.5 Å².